The Balaban J connectivity index is 1.33. The molecule has 1 saturated heterocycles. The summed E-state index contributed by atoms with van der Waals surface area (Å²) >= 11 is 0. The molecule has 2 aliphatic rings. The summed E-state index contributed by atoms with van der Waals surface area (Å²) < 4.78 is 47.2. The number of nitrogens with one attached hydrogen (secondary N) is 1. The van der Waals surface area contributed by atoms with Gasteiger partial charge >= 0.3 is 6.36 Å². The van der Waals surface area contributed by atoms with Crippen LogP contribution in [0.1, 0.15) is 38.3 Å². The summed E-state index contributed by atoms with van der Waals surface area (Å²) in [4.78, 5) is 27.0. The number of nitrogens with two attached hydrogens (primary N) is 1. The van der Waals surface area contributed by atoms with Crippen LogP contribution in [0.2, 0.25) is 0 Å². The van der Waals surface area contributed by atoms with Gasteiger partial charge in [0, 0.05) is 43.6 Å². The fourth-order valence-corrected chi connectivity index (χ4v) is 7.60. The van der Waals surface area contributed by atoms with Gasteiger partial charge in [-0.05, 0) is 60.3 Å². The number of alkyl halides is 3. The Morgan fingerprint density at radius 2 is 1.41 bits per heavy atom. The van der Waals surface area contributed by atoms with Gasteiger partial charge in [-0.25, -0.2) is 14.6 Å². The fourth-order valence-electron chi connectivity index (χ4n) is 7.60. The lowest BCUT2D eigenvalue weighted by molar-refractivity contribution is -0.274. The molecule has 54 heavy (non-hydrogen) atoms. The lowest BCUT2D eigenvalue weighted by Gasteiger charge is -2.38. The van der Waals surface area contributed by atoms with Crippen LogP contribution >= 0.6 is 0 Å². The van der Waals surface area contributed by atoms with Gasteiger partial charge in [-0.15, -0.1) is 13.2 Å². The number of fused-ring (bicyclic) bond motifs is 3. The average Bonchev–Trinajstić information content (AvgIpc) is 3.58. The molecule has 0 bridgehead atoms. The van der Waals surface area contributed by atoms with Crippen LogP contribution in [0.15, 0.2) is 115 Å². The van der Waals surface area contributed by atoms with E-state index in [1.54, 1.807) is 18.3 Å². The van der Waals surface area contributed by atoms with E-state index in [0.29, 0.717) is 42.9 Å². The Hall–Kier alpha value is -6.21. The van der Waals surface area contributed by atoms with Crippen LogP contribution < -0.4 is 20.7 Å². The van der Waals surface area contributed by atoms with Gasteiger partial charge < -0.3 is 25.6 Å². The number of primary amides is 1. The van der Waals surface area contributed by atoms with Crippen LogP contribution in [0.3, 0.4) is 0 Å². The molecule has 0 unspecified atom stereocenters. The first-order valence-corrected chi connectivity index (χ1v) is 17.7. The molecule has 1 fully saturated rings. The van der Waals surface area contributed by atoms with Crippen molar-refractivity contribution in [3.63, 3.8) is 0 Å². The highest BCUT2D eigenvalue weighted by atomic mass is 19.4. The summed E-state index contributed by atoms with van der Waals surface area (Å²) in [5, 5.41) is 8.08. The molecule has 8 rings (SSSR count). The van der Waals surface area contributed by atoms with Gasteiger partial charge in [0.2, 0.25) is 5.95 Å². The monoisotopic (exact) mass is 730 g/mol. The van der Waals surface area contributed by atoms with E-state index >= 15 is 0 Å². The second-order valence-corrected chi connectivity index (χ2v) is 13.5. The highest BCUT2D eigenvalue weighted by Crippen LogP contribution is 2.46. The largest absolute Gasteiger partial charge is 0.573 e. The molecule has 274 valence electrons. The Morgan fingerprint density at radius 3 is 1.96 bits per heavy atom. The Bertz CT molecular complexity index is 2190. The third-order valence-corrected chi connectivity index (χ3v) is 10.1. The van der Waals surface area contributed by atoms with Crippen molar-refractivity contribution in [1.82, 2.24) is 24.6 Å². The van der Waals surface area contributed by atoms with E-state index in [2.05, 4.69) is 24.8 Å². The van der Waals surface area contributed by atoms with Gasteiger partial charge in [0.25, 0.3) is 5.91 Å². The van der Waals surface area contributed by atoms with Gasteiger partial charge in [0.05, 0.1) is 17.1 Å². The smallest absolute Gasteiger partial charge is 0.404 e. The number of nitrogens with zero attached hydrogens (tertiary/aromatic N) is 6. The molecular formula is C41H37F3N8O2. The minimum absolute atomic E-state index is 0.0438. The number of amides is 1. The molecule has 3 heterocycles. The van der Waals surface area contributed by atoms with Crippen molar-refractivity contribution in [1.29, 1.82) is 0 Å². The maximum atomic E-state index is 13.6. The zero-order valence-corrected chi connectivity index (χ0v) is 29.4. The Morgan fingerprint density at radius 1 is 0.815 bits per heavy atom. The average molecular weight is 731 g/mol. The summed E-state index contributed by atoms with van der Waals surface area (Å²) in [6, 6.07) is 34.2. The van der Waals surface area contributed by atoms with Crippen molar-refractivity contribution in [2.75, 3.05) is 43.4 Å². The molecule has 13 heteroatoms. The Labute approximate surface area is 310 Å². The number of anilines is 3. The van der Waals surface area contributed by atoms with Crippen LogP contribution in [-0.4, -0.2) is 70.1 Å². The first-order chi connectivity index (χ1) is 26.1. The number of aryl methyl sites for hydroxylation is 1. The fraction of sp³-hybridized carbons (Fsp3) is 0.220. The Kier molecular flexibility index (Phi) is 9.02. The topological polar surface area (TPSA) is 114 Å². The molecular weight excluding hydrogens is 693 g/mol. The molecule has 0 atom stereocenters. The molecule has 4 aromatic carbocycles. The number of carbonyl (C=O) groups excluding carboxylic acids is 1. The number of carbonyl (C=O) groups is 1. The van der Waals surface area contributed by atoms with E-state index < -0.39 is 23.6 Å². The maximum absolute atomic E-state index is 13.6. The molecule has 0 saturated carbocycles. The summed E-state index contributed by atoms with van der Waals surface area (Å²) in [5.74, 6) is -1.06. The molecule has 0 spiro atoms. The van der Waals surface area contributed by atoms with Crippen molar-refractivity contribution in [3.05, 3.63) is 149 Å². The number of aromatic nitrogens is 4. The van der Waals surface area contributed by atoms with E-state index in [4.69, 9.17) is 15.8 Å². The molecule has 3 N–H and O–H groups in total. The van der Waals surface area contributed by atoms with Gasteiger partial charge in [0.1, 0.15) is 5.54 Å². The molecule has 1 aliphatic carbocycles. The van der Waals surface area contributed by atoms with E-state index in [-0.39, 0.29) is 17.3 Å². The van der Waals surface area contributed by atoms with Crippen LogP contribution in [0.4, 0.5) is 30.5 Å². The van der Waals surface area contributed by atoms with Crippen LogP contribution in [0.25, 0.3) is 11.4 Å². The number of piperazine rings is 1. The van der Waals surface area contributed by atoms with Crippen molar-refractivity contribution in [2.45, 2.75) is 24.7 Å². The number of rotatable bonds is 9. The third-order valence-electron chi connectivity index (χ3n) is 10.1. The third kappa shape index (κ3) is 6.40. The number of ether oxygens (including phenoxy) is 1. The van der Waals surface area contributed by atoms with E-state index in [9.17, 15) is 18.0 Å². The van der Waals surface area contributed by atoms with Crippen LogP contribution in [0.5, 0.6) is 5.75 Å². The summed E-state index contributed by atoms with van der Waals surface area (Å²) in [7, 11) is 2.03. The zero-order valence-electron chi connectivity index (χ0n) is 29.4. The summed E-state index contributed by atoms with van der Waals surface area (Å²) in [6.45, 7) is 3.06. The molecule has 0 radical (unpaired) electrons. The van der Waals surface area contributed by atoms with Crippen molar-refractivity contribution < 1.29 is 22.7 Å². The van der Waals surface area contributed by atoms with Gasteiger partial charge in [-0.3, -0.25) is 4.79 Å². The van der Waals surface area contributed by atoms with Gasteiger partial charge in [-0.2, -0.15) is 5.10 Å². The van der Waals surface area contributed by atoms with E-state index in [1.807, 2.05) is 103 Å². The number of halogens is 3. The summed E-state index contributed by atoms with van der Waals surface area (Å²) in [5.41, 5.74) is 10.9. The molecule has 1 aliphatic heterocycles. The number of likely N-dealkylation sites (N-methyl/N-ethyl adjacent to an activating group) is 1. The second kappa shape index (κ2) is 14.0. The predicted molar refractivity (Wildman–Crippen MR) is 200 cm³/mol. The minimum Gasteiger partial charge on any atom is -0.404 e. The lowest BCUT2D eigenvalue weighted by atomic mass is 9.76. The molecule has 1 amide bonds. The van der Waals surface area contributed by atoms with E-state index in [1.165, 1.54) is 6.07 Å². The van der Waals surface area contributed by atoms with Crippen molar-refractivity contribution >= 4 is 23.2 Å². The summed E-state index contributed by atoms with van der Waals surface area (Å²) in [6.07, 6.45) is -2.32. The standard InChI is InChI=1S/C41H37F3N8O2/c1-50-21-23-51(24-22-50)31-18-20-34(54-41(42,43)44)33(25-31)47-39-46-26-27-17-19-32-36(38(45)53)49-52(37(32)35(27)48-39)40(28-11-5-2-6-12-28,29-13-7-3-8-14-29)30-15-9-4-10-16-30/h2-16,18,20,25-26H,17,19,21-24H2,1H3,(H2,45,53)(H,46,47,48). The van der Waals surface area contributed by atoms with Gasteiger partial charge in [0.15, 0.2) is 11.4 Å². The van der Waals surface area contributed by atoms with Crippen LogP contribution in [0, 0.1) is 0 Å². The molecule has 6 aromatic rings. The normalized spacial score (nSPS) is 14.6. The number of benzene rings is 4. The number of hydrogen-bond acceptors (Lipinski definition) is 8. The van der Waals surface area contributed by atoms with Gasteiger partial charge in [-0.1, -0.05) is 91.0 Å². The number of hydrogen-bond donors (Lipinski definition) is 2. The van der Waals surface area contributed by atoms with E-state index in [0.717, 1.165) is 41.0 Å². The van der Waals surface area contributed by atoms with Crippen molar-refractivity contribution in [3.8, 4) is 17.1 Å². The molecule has 10 nitrogen and oxygen atoms in total. The first-order valence-electron chi connectivity index (χ1n) is 17.7. The predicted octanol–water partition coefficient (Wildman–Crippen LogP) is 6.77. The highest BCUT2D eigenvalue weighted by Gasteiger charge is 2.44. The minimum atomic E-state index is -4.93. The highest BCUT2D eigenvalue weighted by molar-refractivity contribution is 5.95. The quantitative estimate of drug-likeness (QED) is 0.157. The van der Waals surface area contributed by atoms with Crippen LogP contribution in [-0.2, 0) is 18.4 Å². The maximum Gasteiger partial charge on any atom is 0.573 e. The van der Waals surface area contributed by atoms with Crippen molar-refractivity contribution in [2.24, 2.45) is 5.73 Å². The molecule has 2 aromatic heterocycles. The first kappa shape index (κ1) is 34.9. The lowest BCUT2D eigenvalue weighted by Crippen LogP contribution is -2.44. The second-order valence-electron chi connectivity index (χ2n) is 13.5. The SMILES string of the molecule is CN1CCN(c2ccc(OC(F)(F)F)c(Nc3ncc4c(n3)-c3c(c(C(N)=O)nn3C(c3ccccc3)(c3ccccc3)c3ccccc3)CC4)c2)CC1. The zero-order chi connectivity index (χ0) is 37.5.